The van der Waals surface area contributed by atoms with Gasteiger partial charge in [-0.05, 0) is 19.3 Å². The van der Waals surface area contributed by atoms with E-state index in [1.807, 2.05) is 0 Å². The number of nitrogens with zero attached hydrogens (tertiary/aromatic N) is 3. The molecule has 0 saturated carbocycles. The van der Waals surface area contributed by atoms with Crippen LogP contribution in [0.25, 0.3) is 0 Å². The van der Waals surface area contributed by atoms with Gasteiger partial charge in [0.1, 0.15) is 5.82 Å². The lowest BCUT2D eigenvalue weighted by molar-refractivity contribution is 0.378. The molecule has 1 N–H and O–H groups in total. The average molecular weight is 268 g/mol. The maximum atomic E-state index is 4.70. The second-order valence-corrected chi connectivity index (χ2v) is 5.70. The van der Waals surface area contributed by atoms with E-state index in [2.05, 4.69) is 35.4 Å². The molecule has 1 aliphatic rings. The second-order valence-electron chi connectivity index (χ2n) is 4.97. The normalized spacial score (nSPS) is 24.5. The van der Waals surface area contributed by atoms with Gasteiger partial charge >= 0.3 is 0 Å². The summed E-state index contributed by atoms with van der Waals surface area (Å²) in [5.41, 5.74) is 0. The van der Waals surface area contributed by atoms with Gasteiger partial charge in [0.2, 0.25) is 5.13 Å². The van der Waals surface area contributed by atoms with Gasteiger partial charge in [-0.1, -0.05) is 20.8 Å². The van der Waals surface area contributed by atoms with Crippen LogP contribution < -0.4 is 10.2 Å². The van der Waals surface area contributed by atoms with Crippen molar-refractivity contribution in [1.82, 2.24) is 14.7 Å². The van der Waals surface area contributed by atoms with Crippen molar-refractivity contribution >= 4 is 16.7 Å². The molecular weight excluding hydrogens is 244 g/mol. The number of anilines is 1. The zero-order valence-electron chi connectivity index (χ0n) is 11.6. The molecule has 2 atom stereocenters. The first-order valence-electron chi connectivity index (χ1n) is 7.11. The lowest BCUT2D eigenvalue weighted by atomic mass is 10.1. The van der Waals surface area contributed by atoms with Crippen molar-refractivity contribution in [3.05, 3.63) is 5.82 Å². The maximum Gasteiger partial charge on any atom is 0.205 e. The lowest BCUT2D eigenvalue weighted by Gasteiger charge is -2.39. The van der Waals surface area contributed by atoms with E-state index >= 15 is 0 Å². The number of piperazine rings is 1. The highest BCUT2D eigenvalue weighted by Crippen LogP contribution is 2.24. The number of hydrogen-bond acceptors (Lipinski definition) is 5. The quantitative estimate of drug-likeness (QED) is 0.890. The van der Waals surface area contributed by atoms with Crippen molar-refractivity contribution in [2.45, 2.75) is 58.5 Å². The Morgan fingerprint density at radius 3 is 2.83 bits per heavy atom. The van der Waals surface area contributed by atoms with Crippen LogP contribution in [0, 0.1) is 0 Å². The van der Waals surface area contributed by atoms with Gasteiger partial charge in [0, 0.05) is 43.1 Å². The Kier molecular flexibility index (Phi) is 4.95. The van der Waals surface area contributed by atoms with Crippen molar-refractivity contribution in [2.75, 3.05) is 18.0 Å². The number of nitrogens with one attached hydrogen (secondary N) is 1. The van der Waals surface area contributed by atoms with Crippen LogP contribution in [0.1, 0.15) is 45.9 Å². The van der Waals surface area contributed by atoms with Crippen LogP contribution in [0.3, 0.4) is 0 Å². The van der Waals surface area contributed by atoms with Gasteiger partial charge in [-0.2, -0.15) is 4.37 Å². The third kappa shape index (κ3) is 3.01. The summed E-state index contributed by atoms with van der Waals surface area (Å²) in [5, 5.41) is 4.73. The first-order chi connectivity index (χ1) is 8.78. The summed E-state index contributed by atoms with van der Waals surface area (Å²) in [6, 6.07) is 1.15. The summed E-state index contributed by atoms with van der Waals surface area (Å²) in [7, 11) is 0. The Hall–Kier alpha value is -0.680. The molecule has 0 amide bonds. The van der Waals surface area contributed by atoms with E-state index < -0.39 is 0 Å². The van der Waals surface area contributed by atoms with Crippen LogP contribution in [-0.2, 0) is 6.42 Å². The van der Waals surface area contributed by atoms with Crippen molar-refractivity contribution in [3.63, 3.8) is 0 Å². The largest absolute Gasteiger partial charge is 0.341 e. The molecule has 1 aromatic rings. The molecule has 5 heteroatoms. The summed E-state index contributed by atoms with van der Waals surface area (Å²) in [5.74, 6) is 1.01. The minimum atomic E-state index is 0.565. The third-order valence-corrected chi connectivity index (χ3v) is 4.43. The predicted molar refractivity (Wildman–Crippen MR) is 77.4 cm³/mol. The van der Waals surface area contributed by atoms with Gasteiger partial charge in [0.25, 0.3) is 0 Å². The van der Waals surface area contributed by atoms with E-state index in [4.69, 9.17) is 4.98 Å². The highest BCUT2D eigenvalue weighted by atomic mass is 32.1. The molecule has 1 aromatic heterocycles. The molecule has 4 nitrogen and oxygen atoms in total. The summed E-state index contributed by atoms with van der Waals surface area (Å²) < 4.78 is 4.47. The summed E-state index contributed by atoms with van der Waals surface area (Å²) in [6.45, 7) is 8.80. The van der Waals surface area contributed by atoms with Crippen LogP contribution in [0.2, 0.25) is 0 Å². The Bertz CT molecular complexity index is 366. The van der Waals surface area contributed by atoms with Crippen LogP contribution in [0.15, 0.2) is 0 Å². The van der Waals surface area contributed by atoms with Crippen molar-refractivity contribution in [1.29, 1.82) is 0 Å². The van der Waals surface area contributed by atoms with Crippen LogP contribution >= 0.6 is 11.5 Å². The van der Waals surface area contributed by atoms with Crippen LogP contribution in [-0.4, -0.2) is 34.5 Å². The highest BCUT2D eigenvalue weighted by molar-refractivity contribution is 7.09. The minimum absolute atomic E-state index is 0.565. The molecule has 0 spiro atoms. The number of rotatable bonds is 5. The zero-order chi connectivity index (χ0) is 13.0. The van der Waals surface area contributed by atoms with E-state index in [9.17, 15) is 0 Å². The van der Waals surface area contributed by atoms with E-state index in [1.54, 1.807) is 11.5 Å². The summed E-state index contributed by atoms with van der Waals surface area (Å²) in [4.78, 5) is 7.16. The van der Waals surface area contributed by atoms with Gasteiger partial charge < -0.3 is 10.2 Å². The zero-order valence-corrected chi connectivity index (χ0v) is 12.5. The fourth-order valence-corrected chi connectivity index (χ4v) is 3.22. The molecule has 102 valence electrons. The Balaban J connectivity index is 2.10. The molecule has 0 aromatic carbocycles. The van der Waals surface area contributed by atoms with E-state index in [1.165, 1.54) is 6.42 Å². The summed E-state index contributed by atoms with van der Waals surface area (Å²) >= 11 is 1.56. The number of aromatic nitrogens is 2. The molecule has 2 rings (SSSR count). The van der Waals surface area contributed by atoms with Crippen LogP contribution in [0.5, 0.6) is 0 Å². The number of hydrogen-bond donors (Lipinski definition) is 1. The Morgan fingerprint density at radius 1 is 1.33 bits per heavy atom. The van der Waals surface area contributed by atoms with E-state index in [0.29, 0.717) is 12.1 Å². The molecule has 1 aliphatic heterocycles. The third-order valence-electron chi connectivity index (χ3n) is 3.64. The first kappa shape index (κ1) is 13.7. The van der Waals surface area contributed by atoms with Crippen molar-refractivity contribution in [2.24, 2.45) is 0 Å². The molecular formula is C13H24N4S. The van der Waals surface area contributed by atoms with E-state index in [-0.39, 0.29) is 0 Å². The molecule has 18 heavy (non-hydrogen) atoms. The minimum Gasteiger partial charge on any atom is -0.341 e. The molecule has 1 fully saturated rings. The molecule has 0 aliphatic carbocycles. The lowest BCUT2D eigenvalue weighted by Crippen LogP contribution is -2.56. The maximum absolute atomic E-state index is 4.70. The Labute approximate surface area is 114 Å². The second kappa shape index (κ2) is 6.48. The molecule has 2 unspecified atom stereocenters. The molecule has 1 saturated heterocycles. The predicted octanol–water partition coefficient (Wildman–Crippen LogP) is 2.46. The fraction of sp³-hybridized carbons (Fsp3) is 0.846. The number of aryl methyl sites for hydroxylation is 1. The van der Waals surface area contributed by atoms with Gasteiger partial charge in [0.05, 0.1) is 0 Å². The van der Waals surface area contributed by atoms with Crippen LogP contribution in [0.4, 0.5) is 5.13 Å². The fourth-order valence-electron chi connectivity index (χ4n) is 2.42. The van der Waals surface area contributed by atoms with Gasteiger partial charge in [-0.25, -0.2) is 4.98 Å². The molecule has 0 bridgehead atoms. The SMILES string of the molecule is CCCc1nsc(N2CC(CC)NCC2CC)n1. The van der Waals surface area contributed by atoms with Crippen molar-refractivity contribution < 1.29 is 0 Å². The van der Waals surface area contributed by atoms with Gasteiger partial charge in [0.15, 0.2) is 0 Å². The van der Waals surface area contributed by atoms with Gasteiger partial charge in [-0.3, -0.25) is 0 Å². The van der Waals surface area contributed by atoms with Crippen molar-refractivity contribution in [3.8, 4) is 0 Å². The highest BCUT2D eigenvalue weighted by Gasteiger charge is 2.28. The molecule has 2 heterocycles. The monoisotopic (exact) mass is 268 g/mol. The average Bonchev–Trinajstić information content (AvgIpc) is 2.87. The first-order valence-corrected chi connectivity index (χ1v) is 7.88. The standard InChI is InChI=1S/C13H24N4S/c1-4-7-12-15-13(18-16-12)17-9-10(5-2)14-8-11(17)6-3/h10-11,14H,4-9H2,1-3H3. The topological polar surface area (TPSA) is 41.1 Å². The van der Waals surface area contributed by atoms with Gasteiger partial charge in [-0.15, -0.1) is 0 Å². The molecule has 0 radical (unpaired) electrons. The van der Waals surface area contributed by atoms with E-state index in [0.717, 1.165) is 43.3 Å². The summed E-state index contributed by atoms with van der Waals surface area (Å²) in [6.07, 6.45) is 4.45. The Morgan fingerprint density at radius 2 is 2.17 bits per heavy atom. The smallest absolute Gasteiger partial charge is 0.205 e.